The van der Waals surface area contributed by atoms with Gasteiger partial charge in [0.25, 0.3) is 0 Å². The number of carbonyl (C=O) groups excluding carboxylic acids is 1. The van der Waals surface area contributed by atoms with Crippen LogP contribution < -0.4 is 10.6 Å². The molecule has 2 aromatic rings. The number of carbonyl (C=O) groups is 1. The van der Waals surface area contributed by atoms with E-state index < -0.39 is 0 Å². The van der Waals surface area contributed by atoms with Crippen molar-refractivity contribution in [3.05, 3.63) is 47.7 Å². The monoisotopic (exact) mass is 243 g/mol. The summed E-state index contributed by atoms with van der Waals surface area (Å²) in [6.07, 6.45) is 1.43. The standard InChI is InChI=1S/C13H13N3O2/c17-13(15-12-5-6-18-16-12)11-8-14-7-9-3-1-2-4-10(9)11/h1-6,11,14H,7-8H2,(H,15,16,17). The first kappa shape index (κ1) is 11.0. The summed E-state index contributed by atoms with van der Waals surface area (Å²) in [4.78, 5) is 12.2. The highest BCUT2D eigenvalue weighted by molar-refractivity contribution is 5.95. The van der Waals surface area contributed by atoms with E-state index in [-0.39, 0.29) is 11.8 Å². The molecule has 2 heterocycles. The summed E-state index contributed by atoms with van der Waals surface area (Å²) in [5.41, 5.74) is 2.25. The van der Waals surface area contributed by atoms with E-state index in [1.807, 2.05) is 24.3 Å². The molecule has 2 N–H and O–H groups in total. The van der Waals surface area contributed by atoms with Crippen molar-refractivity contribution in [1.82, 2.24) is 10.5 Å². The van der Waals surface area contributed by atoms with Crippen LogP contribution in [0, 0.1) is 0 Å². The SMILES string of the molecule is O=C(Nc1ccon1)C1CNCc2ccccc21. The molecule has 5 heteroatoms. The second-order valence-corrected chi connectivity index (χ2v) is 4.26. The molecule has 0 saturated carbocycles. The summed E-state index contributed by atoms with van der Waals surface area (Å²) in [5.74, 6) is 0.193. The Balaban J connectivity index is 1.83. The summed E-state index contributed by atoms with van der Waals surface area (Å²) in [6, 6.07) is 9.61. The van der Waals surface area contributed by atoms with Crippen molar-refractivity contribution in [3.63, 3.8) is 0 Å². The minimum atomic E-state index is -0.188. The maximum atomic E-state index is 12.2. The number of aromatic nitrogens is 1. The van der Waals surface area contributed by atoms with Gasteiger partial charge in [-0.15, -0.1) is 0 Å². The average molecular weight is 243 g/mol. The summed E-state index contributed by atoms with van der Waals surface area (Å²) in [6.45, 7) is 1.45. The maximum absolute atomic E-state index is 12.2. The van der Waals surface area contributed by atoms with E-state index in [4.69, 9.17) is 4.52 Å². The molecule has 0 saturated heterocycles. The van der Waals surface area contributed by atoms with Gasteiger partial charge in [0.2, 0.25) is 5.91 Å². The molecule has 1 unspecified atom stereocenters. The molecule has 1 aliphatic heterocycles. The van der Waals surface area contributed by atoms with Gasteiger partial charge in [-0.1, -0.05) is 29.4 Å². The number of benzene rings is 1. The van der Waals surface area contributed by atoms with E-state index in [0.29, 0.717) is 12.4 Å². The number of fused-ring (bicyclic) bond motifs is 1. The zero-order valence-corrected chi connectivity index (χ0v) is 9.72. The molecule has 0 spiro atoms. The van der Waals surface area contributed by atoms with Crippen molar-refractivity contribution < 1.29 is 9.32 Å². The average Bonchev–Trinajstić information content (AvgIpc) is 2.91. The molecule has 1 amide bonds. The van der Waals surface area contributed by atoms with Gasteiger partial charge in [-0.05, 0) is 11.1 Å². The van der Waals surface area contributed by atoms with E-state index in [1.54, 1.807) is 6.07 Å². The van der Waals surface area contributed by atoms with Crippen LogP contribution in [0.25, 0.3) is 0 Å². The molecule has 1 aliphatic rings. The predicted octanol–water partition coefficient (Wildman–Crippen LogP) is 1.50. The smallest absolute Gasteiger partial charge is 0.234 e. The third kappa shape index (κ3) is 2.00. The first-order valence-corrected chi connectivity index (χ1v) is 5.84. The second kappa shape index (κ2) is 4.62. The number of rotatable bonds is 2. The van der Waals surface area contributed by atoms with E-state index in [2.05, 4.69) is 15.8 Å². The Morgan fingerprint density at radius 3 is 3.11 bits per heavy atom. The van der Waals surface area contributed by atoms with Crippen molar-refractivity contribution in [2.24, 2.45) is 0 Å². The van der Waals surface area contributed by atoms with E-state index in [0.717, 1.165) is 12.1 Å². The van der Waals surface area contributed by atoms with Gasteiger partial charge in [-0.3, -0.25) is 4.79 Å². The number of nitrogens with one attached hydrogen (secondary N) is 2. The van der Waals surface area contributed by atoms with Gasteiger partial charge in [-0.25, -0.2) is 0 Å². The van der Waals surface area contributed by atoms with Crippen molar-refractivity contribution >= 4 is 11.7 Å². The Bertz CT molecular complexity index is 551. The molecule has 1 aromatic heterocycles. The molecule has 92 valence electrons. The number of anilines is 1. The highest BCUT2D eigenvalue weighted by Crippen LogP contribution is 2.24. The molecule has 1 aromatic carbocycles. The second-order valence-electron chi connectivity index (χ2n) is 4.26. The normalized spacial score (nSPS) is 18.1. The van der Waals surface area contributed by atoms with Crippen molar-refractivity contribution in [3.8, 4) is 0 Å². The third-order valence-electron chi connectivity index (χ3n) is 3.10. The predicted molar refractivity (Wildman–Crippen MR) is 66.0 cm³/mol. The Hall–Kier alpha value is -2.14. The zero-order valence-electron chi connectivity index (χ0n) is 9.72. The van der Waals surface area contributed by atoms with Crippen LogP contribution in [0.15, 0.2) is 41.1 Å². The molecule has 0 fully saturated rings. The number of amides is 1. The highest BCUT2D eigenvalue weighted by atomic mass is 16.5. The molecular formula is C13H13N3O2. The number of hydrogen-bond donors (Lipinski definition) is 2. The van der Waals surface area contributed by atoms with Crippen LogP contribution in [-0.2, 0) is 11.3 Å². The van der Waals surface area contributed by atoms with Crippen LogP contribution in [-0.4, -0.2) is 17.6 Å². The summed E-state index contributed by atoms with van der Waals surface area (Å²) in [7, 11) is 0. The zero-order chi connectivity index (χ0) is 12.4. The first-order chi connectivity index (χ1) is 8.84. The van der Waals surface area contributed by atoms with Gasteiger partial charge in [-0.2, -0.15) is 0 Å². The van der Waals surface area contributed by atoms with Gasteiger partial charge in [0.15, 0.2) is 5.82 Å². The lowest BCUT2D eigenvalue weighted by Gasteiger charge is -2.25. The van der Waals surface area contributed by atoms with Gasteiger partial charge in [0.05, 0.1) is 5.92 Å². The van der Waals surface area contributed by atoms with Crippen molar-refractivity contribution in [1.29, 1.82) is 0 Å². The molecule has 1 atom stereocenters. The Labute approximate surface area is 104 Å². The lowest BCUT2D eigenvalue weighted by molar-refractivity contribution is -0.117. The third-order valence-corrected chi connectivity index (χ3v) is 3.10. The lowest BCUT2D eigenvalue weighted by atomic mass is 9.90. The van der Waals surface area contributed by atoms with Crippen LogP contribution in [0.4, 0.5) is 5.82 Å². The Kier molecular flexibility index (Phi) is 2.82. The number of nitrogens with zero attached hydrogens (tertiary/aromatic N) is 1. The lowest BCUT2D eigenvalue weighted by Crippen LogP contribution is -2.35. The van der Waals surface area contributed by atoms with Crippen LogP contribution in [0.2, 0.25) is 0 Å². The van der Waals surface area contributed by atoms with Crippen LogP contribution >= 0.6 is 0 Å². The molecule has 3 rings (SSSR count). The fourth-order valence-electron chi connectivity index (χ4n) is 2.22. The van der Waals surface area contributed by atoms with E-state index in [9.17, 15) is 4.79 Å². The quantitative estimate of drug-likeness (QED) is 0.838. The fourth-order valence-corrected chi connectivity index (χ4v) is 2.22. The highest BCUT2D eigenvalue weighted by Gasteiger charge is 2.26. The molecule has 0 aliphatic carbocycles. The largest absolute Gasteiger partial charge is 0.363 e. The van der Waals surface area contributed by atoms with E-state index >= 15 is 0 Å². The molecule has 5 nitrogen and oxygen atoms in total. The van der Waals surface area contributed by atoms with Gasteiger partial charge in [0.1, 0.15) is 6.26 Å². The summed E-state index contributed by atoms with van der Waals surface area (Å²) in [5, 5.41) is 9.68. The first-order valence-electron chi connectivity index (χ1n) is 5.84. The van der Waals surface area contributed by atoms with Crippen LogP contribution in [0.3, 0.4) is 0 Å². The minimum Gasteiger partial charge on any atom is -0.363 e. The Morgan fingerprint density at radius 1 is 1.39 bits per heavy atom. The van der Waals surface area contributed by atoms with E-state index in [1.165, 1.54) is 11.8 Å². The van der Waals surface area contributed by atoms with Crippen molar-refractivity contribution in [2.75, 3.05) is 11.9 Å². The summed E-state index contributed by atoms with van der Waals surface area (Å²) < 4.78 is 4.69. The summed E-state index contributed by atoms with van der Waals surface area (Å²) >= 11 is 0. The molecule has 0 bridgehead atoms. The van der Waals surface area contributed by atoms with Crippen molar-refractivity contribution in [2.45, 2.75) is 12.5 Å². The molecular weight excluding hydrogens is 230 g/mol. The molecule has 0 radical (unpaired) electrons. The Morgan fingerprint density at radius 2 is 2.28 bits per heavy atom. The fraction of sp³-hybridized carbons (Fsp3) is 0.231. The van der Waals surface area contributed by atoms with Gasteiger partial charge < -0.3 is 15.2 Å². The van der Waals surface area contributed by atoms with Crippen LogP contribution in [0.1, 0.15) is 17.0 Å². The minimum absolute atomic E-state index is 0.0662. The number of hydrogen-bond acceptors (Lipinski definition) is 4. The maximum Gasteiger partial charge on any atom is 0.234 e. The topological polar surface area (TPSA) is 67.2 Å². The van der Waals surface area contributed by atoms with Crippen LogP contribution in [0.5, 0.6) is 0 Å². The molecule has 18 heavy (non-hydrogen) atoms. The van der Waals surface area contributed by atoms with Gasteiger partial charge in [0, 0.05) is 19.2 Å². The van der Waals surface area contributed by atoms with Gasteiger partial charge >= 0.3 is 0 Å².